The second-order valence-corrected chi connectivity index (χ2v) is 3.67. The van der Waals surface area contributed by atoms with Gasteiger partial charge in [-0.25, -0.2) is 0 Å². The second kappa shape index (κ2) is 5.56. The van der Waals surface area contributed by atoms with Crippen molar-refractivity contribution in [2.75, 3.05) is 13.2 Å². The standard InChI is InChI=1S/C13H19NO/c1-10-6-7-11(2)13(12(10)3)15-9-5-4-8-14/h4-7H,8-9,14H2,1-3H3. The number of nitrogens with two attached hydrogens (primary N) is 1. The van der Waals surface area contributed by atoms with Gasteiger partial charge < -0.3 is 10.5 Å². The largest absolute Gasteiger partial charge is 0.489 e. The molecule has 1 aromatic rings. The molecule has 0 fully saturated rings. The maximum Gasteiger partial charge on any atom is 0.125 e. The van der Waals surface area contributed by atoms with Gasteiger partial charge in [-0.2, -0.15) is 0 Å². The van der Waals surface area contributed by atoms with E-state index in [-0.39, 0.29) is 0 Å². The molecule has 0 saturated heterocycles. The number of benzene rings is 1. The summed E-state index contributed by atoms with van der Waals surface area (Å²) in [5.74, 6) is 0.997. The lowest BCUT2D eigenvalue weighted by Gasteiger charge is -2.12. The molecule has 2 nitrogen and oxygen atoms in total. The summed E-state index contributed by atoms with van der Waals surface area (Å²) in [6, 6.07) is 4.21. The molecule has 0 atom stereocenters. The number of rotatable bonds is 4. The van der Waals surface area contributed by atoms with Crippen molar-refractivity contribution in [2.24, 2.45) is 5.73 Å². The summed E-state index contributed by atoms with van der Waals surface area (Å²) in [6.07, 6.45) is 3.85. The molecule has 2 N–H and O–H groups in total. The fourth-order valence-electron chi connectivity index (χ4n) is 1.44. The molecule has 0 amide bonds. The van der Waals surface area contributed by atoms with Crippen LogP contribution in [0.4, 0.5) is 0 Å². The van der Waals surface area contributed by atoms with Crippen LogP contribution in [-0.4, -0.2) is 13.2 Å². The predicted molar refractivity (Wildman–Crippen MR) is 64.3 cm³/mol. The van der Waals surface area contributed by atoms with Gasteiger partial charge in [0, 0.05) is 6.54 Å². The molecule has 15 heavy (non-hydrogen) atoms. The van der Waals surface area contributed by atoms with Crippen molar-refractivity contribution in [3.8, 4) is 5.75 Å². The first-order valence-corrected chi connectivity index (χ1v) is 5.21. The maximum absolute atomic E-state index is 5.71. The van der Waals surface area contributed by atoms with Crippen LogP contribution in [0.5, 0.6) is 5.75 Å². The summed E-state index contributed by atoms with van der Waals surface area (Å²) < 4.78 is 5.71. The van der Waals surface area contributed by atoms with E-state index in [0.29, 0.717) is 13.2 Å². The molecule has 1 rings (SSSR count). The number of ether oxygens (including phenoxy) is 1. The Hall–Kier alpha value is -1.28. The molecule has 0 unspecified atom stereocenters. The fraction of sp³-hybridized carbons (Fsp3) is 0.385. The third-order valence-electron chi connectivity index (χ3n) is 2.50. The fourth-order valence-corrected chi connectivity index (χ4v) is 1.44. The van der Waals surface area contributed by atoms with Gasteiger partial charge in [-0.1, -0.05) is 24.3 Å². The quantitative estimate of drug-likeness (QED) is 0.766. The van der Waals surface area contributed by atoms with Gasteiger partial charge in [0.2, 0.25) is 0 Å². The first kappa shape index (κ1) is 11.8. The predicted octanol–water partition coefficient (Wildman–Crippen LogP) is 2.51. The van der Waals surface area contributed by atoms with Crippen molar-refractivity contribution in [1.82, 2.24) is 0 Å². The van der Waals surface area contributed by atoms with Crippen LogP contribution in [0.3, 0.4) is 0 Å². The lowest BCUT2D eigenvalue weighted by Crippen LogP contribution is -2.00. The van der Waals surface area contributed by atoms with Crippen LogP contribution in [-0.2, 0) is 0 Å². The molecule has 0 aromatic heterocycles. The Labute approximate surface area is 91.7 Å². The summed E-state index contributed by atoms with van der Waals surface area (Å²) in [6.45, 7) is 7.40. The first-order valence-electron chi connectivity index (χ1n) is 5.21. The lowest BCUT2D eigenvalue weighted by atomic mass is 10.1. The Morgan fingerprint density at radius 3 is 2.47 bits per heavy atom. The Balaban J connectivity index is 2.75. The Morgan fingerprint density at radius 2 is 1.80 bits per heavy atom. The van der Waals surface area contributed by atoms with E-state index in [2.05, 4.69) is 32.9 Å². The summed E-state index contributed by atoms with van der Waals surface area (Å²) in [7, 11) is 0. The van der Waals surface area contributed by atoms with Gasteiger partial charge in [0.15, 0.2) is 0 Å². The zero-order valence-corrected chi connectivity index (χ0v) is 9.71. The first-order chi connectivity index (χ1) is 7.16. The normalized spacial score (nSPS) is 10.9. The van der Waals surface area contributed by atoms with Gasteiger partial charge in [0.1, 0.15) is 12.4 Å². The maximum atomic E-state index is 5.71. The van der Waals surface area contributed by atoms with Crippen molar-refractivity contribution in [3.63, 3.8) is 0 Å². The van der Waals surface area contributed by atoms with E-state index in [4.69, 9.17) is 10.5 Å². The molecular formula is C13H19NO. The van der Waals surface area contributed by atoms with Gasteiger partial charge >= 0.3 is 0 Å². The van der Waals surface area contributed by atoms with Crippen LogP contribution < -0.4 is 10.5 Å². The smallest absolute Gasteiger partial charge is 0.125 e. The van der Waals surface area contributed by atoms with Crippen molar-refractivity contribution in [2.45, 2.75) is 20.8 Å². The number of hydrogen-bond donors (Lipinski definition) is 1. The topological polar surface area (TPSA) is 35.2 Å². The van der Waals surface area contributed by atoms with E-state index in [1.807, 2.05) is 12.2 Å². The summed E-state index contributed by atoms with van der Waals surface area (Å²) in [4.78, 5) is 0. The van der Waals surface area contributed by atoms with E-state index in [0.717, 1.165) is 5.75 Å². The molecule has 0 aliphatic carbocycles. The van der Waals surface area contributed by atoms with Crippen LogP contribution >= 0.6 is 0 Å². The van der Waals surface area contributed by atoms with Crippen LogP contribution in [0.1, 0.15) is 16.7 Å². The average Bonchev–Trinajstić information content (AvgIpc) is 2.23. The van der Waals surface area contributed by atoms with Gasteiger partial charge in [-0.3, -0.25) is 0 Å². The summed E-state index contributed by atoms with van der Waals surface area (Å²) in [5.41, 5.74) is 9.01. The second-order valence-electron chi connectivity index (χ2n) is 3.67. The molecule has 0 radical (unpaired) electrons. The molecule has 0 aliphatic rings. The monoisotopic (exact) mass is 205 g/mol. The van der Waals surface area contributed by atoms with Crippen LogP contribution in [0.15, 0.2) is 24.3 Å². The van der Waals surface area contributed by atoms with Crippen LogP contribution in [0, 0.1) is 20.8 Å². The average molecular weight is 205 g/mol. The molecule has 2 heteroatoms. The van der Waals surface area contributed by atoms with Gasteiger partial charge in [0.05, 0.1) is 0 Å². The molecule has 82 valence electrons. The number of aryl methyl sites for hydroxylation is 2. The molecule has 1 aromatic carbocycles. The van der Waals surface area contributed by atoms with E-state index in [1.54, 1.807) is 0 Å². The highest BCUT2D eigenvalue weighted by Gasteiger charge is 2.04. The van der Waals surface area contributed by atoms with E-state index in [1.165, 1.54) is 16.7 Å². The minimum atomic E-state index is 0.565. The van der Waals surface area contributed by atoms with Crippen molar-refractivity contribution < 1.29 is 4.74 Å². The van der Waals surface area contributed by atoms with E-state index < -0.39 is 0 Å². The third-order valence-corrected chi connectivity index (χ3v) is 2.50. The molecule has 0 heterocycles. The zero-order chi connectivity index (χ0) is 11.3. The number of hydrogen-bond acceptors (Lipinski definition) is 2. The van der Waals surface area contributed by atoms with E-state index in [9.17, 15) is 0 Å². The van der Waals surface area contributed by atoms with Crippen LogP contribution in [0.2, 0.25) is 0 Å². The molecule has 0 spiro atoms. The third kappa shape index (κ3) is 3.10. The Bertz CT molecular complexity index is 356. The summed E-state index contributed by atoms with van der Waals surface area (Å²) >= 11 is 0. The van der Waals surface area contributed by atoms with E-state index >= 15 is 0 Å². The minimum Gasteiger partial charge on any atom is -0.489 e. The highest BCUT2D eigenvalue weighted by atomic mass is 16.5. The molecule has 0 saturated carbocycles. The Kier molecular flexibility index (Phi) is 4.37. The van der Waals surface area contributed by atoms with Crippen molar-refractivity contribution >= 4 is 0 Å². The molecule has 0 aliphatic heterocycles. The minimum absolute atomic E-state index is 0.565. The van der Waals surface area contributed by atoms with Crippen molar-refractivity contribution in [1.29, 1.82) is 0 Å². The van der Waals surface area contributed by atoms with Crippen molar-refractivity contribution in [3.05, 3.63) is 41.0 Å². The summed E-state index contributed by atoms with van der Waals surface area (Å²) in [5, 5.41) is 0. The van der Waals surface area contributed by atoms with Gasteiger partial charge in [-0.15, -0.1) is 0 Å². The van der Waals surface area contributed by atoms with Gasteiger partial charge in [-0.05, 0) is 37.5 Å². The molecule has 0 bridgehead atoms. The zero-order valence-electron chi connectivity index (χ0n) is 9.71. The van der Waals surface area contributed by atoms with Crippen LogP contribution in [0.25, 0.3) is 0 Å². The SMILES string of the molecule is Cc1ccc(C)c(OCC=CCN)c1C. The Morgan fingerprint density at radius 1 is 1.13 bits per heavy atom. The lowest BCUT2D eigenvalue weighted by molar-refractivity contribution is 0.357. The molecular weight excluding hydrogens is 186 g/mol. The van der Waals surface area contributed by atoms with Gasteiger partial charge in [0.25, 0.3) is 0 Å². The highest BCUT2D eigenvalue weighted by Crippen LogP contribution is 2.25. The highest BCUT2D eigenvalue weighted by molar-refractivity contribution is 5.44.